The smallest absolute Gasteiger partial charge is 0.398 e. The third kappa shape index (κ3) is 5.38. The van der Waals surface area contributed by atoms with Crippen LogP contribution in [-0.2, 0) is 10.9 Å². The van der Waals surface area contributed by atoms with Crippen molar-refractivity contribution >= 4 is 11.4 Å². The summed E-state index contributed by atoms with van der Waals surface area (Å²) in [4.78, 5) is 0. The van der Waals surface area contributed by atoms with Crippen LogP contribution in [0.5, 0.6) is 0 Å². The van der Waals surface area contributed by atoms with Crippen LogP contribution in [0.25, 0.3) is 0 Å². The zero-order valence-electron chi connectivity index (χ0n) is 10.9. The quantitative estimate of drug-likeness (QED) is 0.591. The second kappa shape index (κ2) is 7.23. The van der Waals surface area contributed by atoms with Crippen LogP contribution >= 0.6 is 0 Å². The first kappa shape index (κ1) is 15.6. The molecule has 108 valence electrons. The highest BCUT2D eigenvalue weighted by atomic mass is 19.4. The van der Waals surface area contributed by atoms with E-state index < -0.39 is 11.7 Å². The summed E-state index contributed by atoms with van der Waals surface area (Å²) in [6, 6.07) is 3.79. The summed E-state index contributed by atoms with van der Waals surface area (Å²) in [5.74, 6) is 0. The van der Waals surface area contributed by atoms with Crippen molar-refractivity contribution in [2.45, 2.75) is 25.9 Å². The van der Waals surface area contributed by atoms with Crippen molar-refractivity contribution in [3.63, 3.8) is 0 Å². The zero-order valence-corrected chi connectivity index (χ0v) is 10.9. The van der Waals surface area contributed by atoms with E-state index >= 15 is 0 Å². The van der Waals surface area contributed by atoms with Crippen molar-refractivity contribution in [1.82, 2.24) is 0 Å². The minimum atomic E-state index is -4.43. The number of rotatable bonds is 7. The number of unbranched alkanes of at least 4 members (excludes halogenated alkanes) is 1. The summed E-state index contributed by atoms with van der Waals surface area (Å²) < 4.78 is 43.2. The number of benzene rings is 1. The number of halogens is 3. The van der Waals surface area contributed by atoms with E-state index in [0.29, 0.717) is 25.4 Å². The lowest BCUT2D eigenvalue weighted by Gasteiger charge is -2.13. The fourth-order valence-corrected chi connectivity index (χ4v) is 1.53. The van der Waals surface area contributed by atoms with Crippen LogP contribution in [0.1, 0.15) is 25.3 Å². The Kier molecular flexibility index (Phi) is 5.95. The molecule has 0 aliphatic heterocycles. The maximum Gasteiger partial charge on any atom is 0.418 e. The molecule has 0 saturated carbocycles. The molecule has 1 aromatic carbocycles. The van der Waals surface area contributed by atoms with Gasteiger partial charge < -0.3 is 15.8 Å². The largest absolute Gasteiger partial charge is 0.418 e. The molecule has 0 unspecified atom stereocenters. The molecule has 3 nitrogen and oxygen atoms in total. The predicted molar refractivity (Wildman–Crippen MR) is 70.1 cm³/mol. The van der Waals surface area contributed by atoms with Gasteiger partial charge in [0.25, 0.3) is 0 Å². The Hall–Kier alpha value is -1.43. The first-order valence-corrected chi connectivity index (χ1v) is 6.23. The van der Waals surface area contributed by atoms with Gasteiger partial charge >= 0.3 is 6.18 Å². The van der Waals surface area contributed by atoms with E-state index in [2.05, 4.69) is 12.2 Å². The number of alkyl halides is 3. The minimum absolute atomic E-state index is 0.266. The van der Waals surface area contributed by atoms with E-state index in [0.717, 1.165) is 18.9 Å². The monoisotopic (exact) mass is 276 g/mol. The number of hydrogen-bond acceptors (Lipinski definition) is 3. The summed E-state index contributed by atoms with van der Waals surface area (Å²) in [6.07, 6.45) is -2.39. The summed E-state index contributed by atoms with van der Waals surface area (Å²) in [5, 5.41) is 2.88. The van der Waals surface area contributed by atoms with Gasteiger partial charge in [-0.2, -0.15) is 13.2 Å². The zero-order chi connectivity index (χ0) is 14.3. The topological polar surface area (TPSA) is 47.3 Å². The van der Waals surface area contributed by atoms with E-state index in [1.807, 2.05) is 0 Å². The molecule has 6 heteroatoms. The second-order valence-corrected chi connectivity index (χ2v) is 4.19. The predicted octanol–water partition coefficient (Wildman–Crippen LogP) is 3.52. The molecule has 0 atom stereocenters. The lowest BCUT2D eigenvalue weighted by atomic mass is 10.1. The Morgan fingerprint density at radius 2 is 2.00 bits per heavy atom. The molecule has 0 aromatic heterocycles. The molecule has 0 bridgehead atoms. The number of nitrogens with one attached hydrogen (secondary N) is 1. The van der Waals surface area contributed by atoms with Crippen molar-refractivity contribution in [2.75, 3.05) is 30.8 Å². The fraction of sp³-hybridized carbons (Fsp3) is 0.538. The first-order chi connectivity index (χ1) is 8.95. The van der Waals surface area contributed by atoms with Gasteiger partial charge in [-0.1, -0.05) is 13.3 Å². The van der Waals surface area contributed by atoms with Crippen molar-refractivity contribution in [1.29, 1.82) is 0 Å². The van der Waals surface area contributed by atoms with E-state index in [9.17, 15) is 13.2 Å². The molecule has 0 fully saturated rings. The highest BCUT2D eigenvalue weighted by molar-refractivity contribution is 5.58. The van der Waals surface area contributed by atoms with Gasteiger partial charge in [-0.3, -0.25) is 0 Å². The van der Waals surface area contributed by atoms with Gasteiger partial charge in [-0.25, -0.2) is 0 Å². The van der Waals surface area contributed by atoms with Crippen LogP contribution in [0.2, 0.25) is 0 Å². The van der Waals surface area contributed by atoms with Gasteiger partial charge in [0.2, 0.25) is 0 Å². The van der Waals surface area contributed by atoms with E-state index in [-0.39, 0.29) is 5.69 Å². The Labute approximate surface area is 110 Å². The minimum Gasteiger partial charge on any atom is -0.398 e. The Morgan fingerprint density at radius 1 is 1.26 bits per heavy atom. The van der Waals surface area contributed by atoms with E-state index in [1.54, 1.807) is 0 Å². The number of anilines is 2. The first-order valence-electron chi connectivity index (χ1n) is 6.23. The molecular formula is C13H19F3N2O. The Morgan fingerprint density at radius 3 is 2.63 bits per heavy atom. The standard InChI is InChI=1S/C13H19F3N2O/c1-2-3-7-19-8-6-18-10-4-5-12(17)11(9-10)13(14,15)16/h4-5,9,18H,2-3,6-8,17H2,1H3. The lowest BCUT2D eigenvalue weighted by Crippen LogP contribution is -2.12. The molecule has 0 aliphatic rings. The molecule has 0 aliphatic carbocycles. The molecule has 0 saturated heterocycles. The van der Waals surface area contributed by atoms with Gasteiger partial charge in [0.1, 0.15) is 0 Å². The van der Waals surface area contributed by atoms with Crippen molar-refractivity contribution in [3.05, 3.63) is 23.8 Å². The van der Waals surface area contributed by atoms with Crippen LogP contribution < -0.4 is 11.1 Å². The van der Waals surface area contributed by atoms with Crippen LogP contribution in [0.4, 0.5) is 24.5 Å². The van der Waals surface area contributed by atoms with Crippen LogP contribution in [0, 0.1) is 0 Å². The number of nitrogen functional groups attached to an aromatic ring is 1. The Bertz CT molecular complexity index is 394. The van der Waals surface area contributed by atoms with E-state index in [1.165, 1.54) is 12.1 Å². The molecule has 1 rings (SSSR count). The van der Waals surface area contributed by atoms with Crippen LogP contribution in [0.3, 0.4) is 0 Å². The van der Waals surface area contributed by atoms with Gasteiger partial charge in [-0.05, 0) is 24.6 Å². The Balaban J connectivity index is 2.47. The van der Waals surface area contributed by atoms with Crippen molar-refractivity contribution in [2.24, 2.45) is 0 Å². The SMILES string of the molecule is CCCCOCCNc1ccc(N)c(C(F)(F)F)c1. The molecule has 0 spiro atoms. The van der Waals surface area contributed by atoms with Gasteiger partial charge in [-0.15, -0.1) is 0 Å². The highest BCUT2D eigenvalue weighted by Crippen LogP contribution is 2.34. The maximum atomic E-state index is 12.6. The molecule has 19 heavy (non-hydrogen) atoms. The third-order valence-corrected chi connectivity index (χ3v) is 2.58. The summed E-state index contributed by atoms with van der Waals surface area (Å²) in [6.45, 7) is 3.67. The van der Waals surface area contributed by atoms with Crippen LogP contribution in [0.15, 0.2) is 18.2 Å². The van der Waals surface area contributed by atoms with E-state index in [4.69, 9.17) is 10.5 Å². The molecule has 1 aromatic rings. The lowest BCUT2D eigenvalue weighted by molar-refractivity contribution is -0.136. The molecule has 3 N–H and O–H groups in total. The molecule has 0 amide bonds. The molecule has 0 heterocycles. The molecule has 0 radical (unpaired) electrons. The van der Waals surface area contributed by atoms with Gasteiger partial charge in [0, 0.05) is 24.5 Å². The summed E-state index contributed by atoms with van der Waals surface area (Å²) in [5.41, 5.74) is 4.62. The second-order valence-electron chi connectivity index (χ2n) is 4.19. The normalized spacial score (nSPS) is 11.6. The van der Waals surface area contributed by atoms with Crippen molar-refractivity contribution in [3.8, 4) is 0 Å². The average Bonchev–Trinajstić information content (AvgIpc) is 2.34. The molecular weight excluding hydrogens is 257 g/mol. The van der Waals surface area contributed by atoms with Crippen molar-refractivity contribution < 1.29 is 17.9 Å². The number of nitrogens with two attached hydrogens (primary N) is 1. The maximum absolute atomic E-state index is 12.6. The van der Waals surface area contributed by atoms with Crippen LogP contribution in [-0.4, -0.2) is 19.8 Å². The fourth-order valence-electron chi connectivity index (χ4n) is 1.53. The highest BCUT2D eigenvalue weighted by Gasteiger charge is 2.33. The summed E-state index contributed by atoms with van der Waals surface area (Å²) >= 11 is 0. The van der Waals surface area contributed by atoms with Gasteiger partial charge in [0.05, 0.1) is 12.2 Å². The third-order valence-electron chi connectivity index (χ3n) is 2.58. The summed E-state index contributed by atoms with van der Waals surface area (Å²) in [7, 11) is 0. The average molecular weight is 276 g/mol. The number of hydrogen-bond donors (Lipinski definition) is 2. The van der Waals surface area contributed by atoms with Gasteiger partial charge in [0.15, 0.2) is 0 Å². The number of ether oxygens (including phenoxy) is 1.